The zero-order chi connectivity index (χ0) is 20.9. The van der Waals surface area contributed by atoms with Crippen LogP contribution >= 0.6 is 11.8 Å². The lowest BCUT2D eigenvalue weighted by Crippen LogP contribution is -2.59. The first kappa shape index (κ1) is 21.0. The van der Waals surface area contributed by atoms with E-state index in [1.807, 2.05) is 11.8 Å². The smallest absolute Gasteiger partial charge is 0.238 e. The van der Waals surface area contributed by atoms with E-state index in [9.17, 15) is 10.1 Å². The van der Waals surface area contributed by atoms with E-state index < -0.39 is 6.04 Å². The molecule has 0 radical (unpaired) electrons. The number of nitrogens with one attached hydrogen (secondary N) is 2. The maximum atomic E-state index is 12.7. The number of rotatable bonds is 7. The van der Waals surface area contributed by atoms with Crippen molar-refractivity contribution in [2.75, 3.05) is 5.75 Å². The Morgan fingerprint density at radius 1 is 1.10 bits per heavy atom. The van der Waals surface area contributed by atoms with Gasteiger partial charge < -0.3 is 10.6 Å². The third-order valence-corrected chi connectivity index (χ3v) is 7.20. The van der Waals surface area contributed by atoms with E-state index in [-0.39, 0.29) is 11.9 Å². The highest BCUT2D eigenvalue weighted by Crippen LogP contribution is 2.33. The normalized spacial score (nSPS) is 23.5. The lowest BCUT2D eigenvalue weighted by Gasteiger charge is -2.42. The van der Waals surface area contributed by atoms with Crippen molar-refractivity contribution in [1.29, 1.82) is 5.26 Å². The summed E-state index contributed by atoms with van der Waals surface area (Å²) in [6.07, 6.45) is 5.10. The van der Waals surface area contributed by atoms with E-state index >= 15 is 0 Å². The number of amides is 1. The molecule has 3 fully saturated rings. The molecule has 30 heavy (non-hydrogen) atoms. The first-order valence-electron chi connectivity index (χ1n) is 10.9. The fourth-order valence-corrected chi connectivity index (χ4v) is 5.33. The fourth-order valence-electron chi connectivity index (χ4n) is 4.67. The predicted octanol–water partition coefficient (Wildman–Crippen LogP) is 4.55. The number of fused-ring (bicyclic) bond motifs is 3. The van der Waals surface area contributed by atoms with Crippen LogP contribution in [0.25, 0.3) is 11.1 Å². The van der Waals surface area contributed by atoms with Crippen molar-refractivity contribution in [1.82, 2.24) is 10.6 Å². The average molecular weight is 420 g/mol. The number of nitrogens with zero attached hydrogens (tertiary/aromatic N) is 1. The van der Waals surface area contributed by atoms with E-state index in [1.54, 1.807) is 0 Å². The fraction of sp³-hybridized carbons (Fsp3) is 0.440. The maximum absolute atomic E-state index is 12.7. The highest BCUT2D eigenvalue weighted by molar-refractivity contribution is 7.99. The molecule has 0 spiro atoms. The van der Waals surface area contributed by atoms with Crippen LogP contribution in [0.1, 0.15) is 38.2 Å². The van der Waals surface area contributed by atoms with Crippen molar-refractivity contribution in [2.24, 2.45) is 5.92 Å². The Balaban J connectivity index is 1.35. The van der Waals surface area contributed by atoms with Crippen LogP contribution in [0.15, 0.2) is 53.4 Å². The van der Waals surface area contributed by atoms with Crippen molar-refractivity contribution >= 4 is 17.7 Å². The monoisotopic (exact) mass is 419 g/mol. The van der Waals surface area contributed by atoms with E-state index in [2.05, 4.69) is 72.2 Å². The number of thioether (sulfide) groups is 1. The van der Waals surface area contributed by atoms with Crippen LogP contribution in [-0.4, -0.2) is 29.8 Å². The Morgan fingerprint density at radius 2 is 1.73 bits per heavy atom. The molecule has 5 rings (SSSR count). The number of carbonyl (C=O) groups is 1. The first-order chi connectivity index (χ1) is 14.7. The standard InChI is InChI=1S/C25H29N3OS/c1-2-30-23-13-9-19(10-14-23)18-5-3-17(4-6-18)15-22(16-26)28-25(29)24-20-7-11-21(27-24)12-8-20/h3-6,9-10,13-14,20-22,24,27H,2,7-8,11-12,15H2,1H3,(H,28,29)/t20?,21?,22-,24-/m0/s1. The molecule has 2 aliphatic heterocycles. The molecule has 2 aromatic rings. The maximum Gasteiger partial charge on any atom is 0.238 e. The van der Waals surface area contributed by atoms with E-state index in [0.717, 1.165) is 29.7 Å². The zero-order valence-electron chi connectivity index (χ0n) is 17.4. The van der Waals surface area contributed by atoms with Crippen LogP contribution in [0.2, 0.25) is 0 Å². The summed E-state index contributed by atoms with van der Waals surface area (Å²) < 4.78 is 0. The van der Waals surface area contributed by atoms with Crippen LogP contribution in [-0.2, 0) is 11.2 Å². The Kier molecular flexibility index (Phi) is 6.76. The third kappa shape index (κ3) is 4.88. The van der Waals surface area contributed by atoms with Crippen LogP contribution in [0.3, 0.4) is 0 Å². The SMILES string of the molecule is CCSc1ccc(-c2ccc(C[C@@H](C#N)NC(=O)[C@H]3NC4CCC3CC4)cc2)cc1. The molecule has 2 aromatic carbocycles. The molecule has 2 saturated heterocycles. The molecule has 2 N–H and O–H groups in total. The van der Waals surface area contributed by atoms with Gasteiger partial charge in [0, 0.05) is 17.4 Å². The largest absolute Gasteiger partial charge is 0.339 e. The molecule has 3 aliphatic rings. The average Bonchev–Trinajstić information content (AvgIpc) is 2.80. The summed E-state index contributed by atoms with van der Waals surface area (Å²) in [6.45, 7) is 2.16. The summed E-state index contributed by atoms with van der Waals surface area (Å²) >= 11 is 1.84. The number of hydrogen-bond donors (Lipinski definition) is 2. The van der Waals surface area contributed by atoms with Crippen LogP contribution in [0, 0.1) is 17.2 Å². The second-order valence-electron chi connectivity index (χ2n) is 8.30. The molecule has 5 heteroatoms. The van der Waals surface area contributed by atoms with Crippen LogP contribution in [0.5, 0.6) is 0 Å². The lowest BCUT2D eigenvalue weighted by molar-refractivity contribution is -0.127. The Bertz CT molecular complexity index is 895. The van der Waals surface area contributed by atoms with Crippen molar-refractivity contribution in [3.63, 3.8) is 0 Å². The molecule has 1 aliphatic carbocycles. The molecular weight excluding hydrogens is 390 g/mol. The van der Waals surface area contributed by atoms with Crippen molar-refractivity contribution in [3.8, 4) is 17.2 Å². The Labute approximate surface area is 183 Å². The molecule has 0 aromatic heterocycles. The number of piperidine rings is 2. The Hall–Kier alpha value is -2.29. The molecule has 2 atom stereocenters. The van der Waals surface area contributed by atoms with Gasteiger partial charge in [-0.05, 0) is 66.2 Å². The van der Waals surface area contributed by atoms with Gasteiger partial charge >= 0.3 is 0 Å². The molecule has 2 bridgehead atoms. The molecule has 2 heterocycles. The summed E-state index contributed by atoms with van der Waals surface area (Å²) in [6, 6.07) is 19.0. The number of benzene rings is 2. The van der Waals surface area contributed by atoms with Gasteiger partial charge in [-0.2, -0.15) is 5.26 Å². The summed E-state index contributed by atoms with van der Waals surface area (Å²) in [7, 11) is 0. The van der Waals surface area contributed by atoms with Gasteiger partial charge in [0.2, 0.25) is 5.91 Å². The second kappa shape index (κ2) is 9.68. The van der Waals surface area contributed by atoms with E-state index in [0.29, 0.717) is 18.4 Å². The molecule has 156 valence electrons. The number of nitriles is 1. The van der Waals surface area contributed by atoms with Crippen molar-refractivity contribution in [2.45, 2.75) is 62.0 Å². The molecule has 1 saturated carbocycles. The summed E-state index contributed by atoms with van der Waals surface area (Å²) in [4.78, 5) is 14.0. The lowest BCUT2D eigenvalue weighted by atomic mass is 9.76. The van der Waals surface area contributed by atoms with Gasteiger partial charge in [-0.15, -0.1) is 11.8 Å². The minimum atomic E-state index is -0.504. The number of hydrogen-bond acceptors (Lipinski definition) is 4. The van der Waals surface area contributed by atoms with Crippen LogP contribution < -0.4 is 10.6 Å². The Morgan fingerprint density at radius 3 is 2.27 bits per heavy atom. The second-order valence-corrected chi connectivity index (χ2v) is 9.64. The van der Waals surface area contributed by atoms with Gasteiger partial charge in [-0.25, -0.2) is 0 Å². The molecule has 0 unspecified atom stereocenters. The van der Waals surface area contributed by atoms with Gasteiger partial charge in [-0.3, -0.25) is 4.79 Å². The quantitative estimate of drug-likeness (QED) is 0.647. The van der Waals surface area contributed by atoms with Gasteiger partial charge in [-0.1, -0.05) is 43.3 Å². The van der Waals surface area contributed by atoms with E-state index in [1.165, 1.54) is 23.3 Å². The molecule has 4 nitrogen and oxygen atoms in total. The van der Waals surface area contributed by atoms with Gasteiger partial charge in [0.1, 0.15) is 6.04 Å². The van der Waals surface area contributed by atoms with Gasteiger partial charge in [0.15, 0.2) is 0 Å². The summed E-state index contributed by atoms with van der Waals surface area (Å²) in [5.41, 5.74) is 3.40. The summed E-state index contributed by atoms with van der Waals surface area (Å²) in [5.74, 6) is 1.47. The van der Waals surface area contributed by atoms with Gasteiger partial charge in [0.05, 0.1) is 12.1 Å². The highest BCUT2D eigenvalue weighted by atomic mass is 32.2. The van der Waals surface area contributed by atoms with Gasteiger partial charge in [0.25, 0.3) is 0 Å². The van der Waals surface area contributed by atoms with Crippen molar-refractivity contribution in [3.05, 3.63) is 54.1 Å². The summed E-state index contributed by atoms with van der Waals surface area (Å²) in [5, 5.41) is 16.0. The molecule has 1 amide bonds. The molecular formula is C25H29N3OS. The third-order valence-electron chi connectivity index (χ3n) is 6.31. The minimum Gasteiger partial charge on any atom is -0.339 e. The highest BCUT2D eigenvalue weighted by Gasteiger charge is 2.39. The number of carbonyl (C=O) groups excluding carboxylic acids is 1. The first-order valence-corrected chi connectivity index (χ1v) is 11.9. The van der Waals surface area contributed by atoms with Crippen molar-refractivity contribution < 1.29 is 4.79 Å². The van der Waals surface area contributed by atoms with Crippen LogP contribution in [0.4, 0.5) is 0 Å². The minimum absolute atomic E-state index is 0.0161. The van der Waals surface area contributed by atoms with E-state index in [4.69, 9.17) is 0 Å². The predicted molar refractivity (Wildman–Crippen MR) is 122 cm³/mol. The zero-order valence-corrected chi connectivity index (χ0v) is 18.3. The topological polar surface area (TPSA) is 64.9 Å².